The van der Waals surface area contributed by atoms with Crippen molar-refractivity contribution in [3.05, 3.63) is 0 Å². The number of aliphatic carboxylic acids is 1. The molecule has 0 aliphatic rings. The highest BCUT2D eigenvalue weighted by molar-refractivity contribution is 5.97. The summed E-state index contributed by atoms with van der Waals surface area (Å²) >= 11 is 0. The minimum atomic E-state index is -1.56. The molecule has 0 saturated carbocycles. The molecular weight excluding hydrogens is 770 g/mol. The number of aliphatic hydroxyl groups excluding tert-OH is 1. The van der Waals surface area contributed by atoms with Crippen LogP contribution in [0.15, 0.2) is 0 Å². The summed E-state index contributed by atoms with van der Waals surface area (Å²) in [5, 5.41) is 39.0. The van der Waals surface area contributed by atoms with E-state index in [1.807, 2.05) is 27.7 Å². The fourth-order valence-electron chi connectivity index (χ4n) is 5.72. The van der Waals surface area contributed by atoms with E-state index < -0.39 is 121 Å². The lowest BCUT2D eigenvalue weighted by Crippen LogP contribution is -2.60. The average Bonchev–Trinajstić information content (AvgIpc) is 3.11. The van der Waals surface area contributed by atoms with Gasteiger partial charge in [0.25, 0.3) is 0 Å². The fraction of sp³-hybridized carbons (Fsp3) is 0.769. The minimum absolute atomic E-state index is 0.0170. The molecule has 8 amide bonds. The molecular formula is C39H71N9O11. The molecule has 0 bridgehead atoms. The topological polar surface area (TPSA) is 316 Å². The first kappa shape index (κ1) is 54.2. The Balaban J connectivity index is 5.47. The summed E-state index contributed by atoms with van der Waals surface area (Å²) in [4.78, 5) is 115. The zero-order valence-electron chi connectivity index (χ0n) is 36.5. The lowest BCUT2D eigenvalue weighted by Gasteiger charge is -2.27. The second-order valence-corrected chi connectivity index (χ2v) is 16.9. The van der Waals surface area contributed by atoms with Gasteiger partial charge < -0.3 is 58.5 Å². The zero-order valence-corrected chi connectivity index (χ0v) is 36.5. The van der Waals surface area contributed by atoms with Crippen LogP contribution in [0.4, 0.5) is 0 Å². The Kier molecular flexibility index (Phi) is 24.8. The Hall–Kier alpha value is -4.85. The first-order valence-electron chi connectivity index (χ1n) is 20.2. The van der Waals surface area contributed by atoms with Crippen LogP contribution in [0.3, 0.4) is 0 Å². The standard InChI is InChI=1S/C39H71N9O11/c1-19(2)12-25(40)34(53)45-26(13-20(3)4)35(54)41-16-30(50)43-24(11)33(52)47-29(18-49)37(56)48-32(23(9)10)38(57)46-27(14-21(5)6)36(55)42-17-31(51)44-28(39(58)59)15-22(7)8/h19-29,32,49H,12-18,40H2,1-11H3,(H,41,54)(H,42,55)(H,43,50)(H,44,51)(H,45,53)(H,46,57)(H,47,52)(H,48,56)(H,58,59)/t24-,25-,26-,27-,28-,29-,32-/m0/s1. The van der Waals surface area contributed by atoms with Gasteiger partial charge in [-0.05, 0) is 62.2 Å². The van der Waals surface area contributed by atoms with E-state index in [1.54, 1.807) is 41.5 Å². The van der Waals surface area contributed by atoms with Crippen molar-refractivity contribution in [2.45, 2.75) is 144 Å². The number of carboxylic acid groups (broad SMARTS) is 1. The Morgan fingerprint density at radius 3 is 1.27 bits per heavy atom. The second-order valence-electron chi connectivity index (χ2n) is 16.9. The number of hydrogen-bond donors (Lipinski definition) is 11. The lowest BCUT2D eigenvalue weighted by atomic mass is 9.99. The number of carbonyl (C=O) groups excluding carboxylic acids is 8. The first-order valence-corrected chi connectivity index (χ1v) is 20.2. The third-order valence-electron chi connectivity index (χ3n) is 8.76. The normalized spacial score (nSPS) is 14.9. The van der Waals surface area contributed by atoms with E-state index in [9.17, 15) is 53.4 Å². The van der Waals surface area contributed by atoms with Crippen molar-refractivity contribution in [2.24, 2.45) is 35.3 Å². The molecule has 0 saturated heterocycles. The van der Waals surface area contributed by atoms with Gasteiger partial charge in [0.1, 0.15) is 36.3 Å². The molecule has 0 unspecified atom stereocenters. The largest absolute Gasteiger partial charge is 0.480 e. The summed E-state index contributed by atoms with van der Waals surface area (Å²) in [6, 6.07) is -8.11. The summed E-state index contributed by atoms with van der Waals surface area (Å²) in [7, 11) is 0. The molecule has 0 rings (SSSR count). The third kappa shape index (κ3) is 22.2. The zero-order chi connectivity index (χ0) is 45.7. The van der Waals surface area contributed by atoms with Gasteiger partial charge in [0.15, 0.2) is 0 Å². The number of hydrogen-bond acceptors (Lipinski definition) is 11. The summed E-state index contributed by atoms with van der Waals surface area (Å²) in [6.45, 7) is 17.3. The minimum Gasteiger partial charge on any atom is -0.480 e. The smallest absolute Gasteiger partial charge is 0.326 e. The molecule has 0 aromatic carbocycles. The number of carboxylic acids is 1. The van der Waals surface area contributed by atoms with E-state index in [2.05, 4.69) is 42.5 Å². The molecule has 20 nitrogen and oxygen atoms in total. The van der Waals surface area contributed by atoms with Gasteiger partial charge in [0.2, 0.25) is 47.3 Å². The maximum absolute atomic E-state index is 13.5. The van der Waals surface area contributed by atoms with Crippen molar-refractivity contribution in [1.29, 1.82) is 0 Å². The maximum atomic E-state index is 13.5. The molecule has 0 spiro atoms. The number of nitrogens with two attached hydrogens (primary N) is 1. The molecule has 12 N–H and O–H groups in total. The van der Waals surface area contributed by atoms with Gasteiger partial charge in [0, 0.05) is 0 Å². The predicted molar refractivity (Wildman–Crippen MR) is 219 cm³/mol. The Bertz CT molecular complexity index is 1440. The van der Waals surface area contributed by atoms with Crippen molar-refractivity contribution in [3.63, 3.8) is 0 Å². The van der Waals surface area contributed by atoms with Crippen LogP contribution >= 0.6 is 0 Å². The van der Waals surface area contributed by atoms with Crippen LogP contribution in [0.2, 0.25) is 0 Å². The van der Waals surface area contributed by atoms with E-state index in [4.69, 9.17) is 5.73 Å². The van der Waals surface area contributed by atoms with Crippen LogP contribution in [0.1, 0.15) is 102 Å². The Labute approximate surface area is 347 Å². The quantitative estimate of drug-likeness (QED) is 0.0446. The SMILES string of the molecule is CC(C)C[C@H](NC(=O)CNC(=O)[C@H](CC(C)C)NC(=O)[C@@H](NC(=O)[C@H](CO)NC(=O)[C@H](C)NC(=O)CNC(=O)[C@H](CC(C)C)NC(=O)[C@@H](N)CC(C)C)C(C)C)C(=O)O. The van der Waals surface area contributed by atoms with E-state index in [-0.39, 0.29) is 42.9 Å². The van der Waals surface area contributed by atoms with E-state index >= 15 is 0 Å². The molecule has 0 aliphatic heterocycles. The highest BCUT2D eigenvalue weighted by atomic mass is 16.4. The number of carbonyl (C=O) groups is 9. The van der Waals surface area contributed by atoms with Crippen LogP contribution in [0.5, 0.6) is 0 Å². The highest BCUT2D eigenvalue weighted by Crippen LogP contribution is 2.10. The Morgan fingerprint density at radius 1 is 0.458 bits per heavy atom. The maximum Gasteiger partial charge on any atom is 0.326 e. The first-order chi connectivity index (χ1) is 27.3. The fourth-order valence-corrected chi connectivity index (χ4v) is 5.72. The number of aliphatic hydroxyl groups is 1. The molecule has 0 heterocycles. The van der Waals surface area contributed by atoms with Crippen molar-refractivity contribution < 1.29 is 53.4 Å². The molecule has 7 atom stereocenters. The summed E-state index contributed by atoms with van der Waals surface area (Å²) < 4.78 is 0. The van der Waals surface area contributed by atoms with Crippen molar-refractivity contribution in [3.8, 4) is 0 Å². The van der Waals surface area contributed by atoms with Gasteiger partial charge in [-0.2, -0.15) is 0 Å². The molecule has 20 heteroatoms. The highest BCUT2D eigenvalue weighted by Gasteiger charge is 2.33. The van der Waals surface area contributed by atoms with Crippen LogP contribution in [0.25, 0.3) is 0 Å². The van der Waals surface area contributed by atoms with E-state index in [1.165, 1.54) is 6.92 Å². The van der Waals surface area contributed by atoms with Gasteiger partial charge >= 0.3 is 5.97 Å². The van der Waals surface area contributed by atoms with E-state index in [0.29, 0.717) is 6.42 Å². The molecule has 0 aliphatic carbocycles. The number of nitrogens with one attached hydrogen (secondary N) is 8. The molecule has 338 valence electrons. The summed E-state index contributed by atoms with van der Waals surface area (Å²) in [5.41, 5.74) is 5.96. The van der Waals surface area contributed by atoms with Crippen molar-refractivity contribution in [2.75, 3.05) is 19.7 Å². The van der Waals surface area contributed by atoms with Crippen LogP contribution < -0.4 is 48.3 Å². The van der Waals surface area contributed by atoms with Crippen LogP contribution in [0, 0.1) is 29.6 Å². The predicted octanol–water partition coefficient (Wildman–Crippen LogP) is -1.61. The van der Waals surface area contributed by atoms with Gasteiger partial charge in [-0.25, -0.2) is 4.79 Å². The van der Waals surface area contributed by atoms with Crippen LogP contribution in [-0.2, 0) is 43.2 Å². The monoisotopic (exact) mass is 842 g/mol. The van der Waals surface area contributed by atoms with Gasteiger partial charge in [-0.1, -0.05) is 69.2 Å². The van der Waals surface area contributed by atoms with Gasteiger partial charge in [-0.15, -0.1) is 0 Å². The van der Waals surface area contributed by atoms with E-state index in [0.717, 1.165) is 0 Å². The lowest BCUT2D eigenvalue weighted by molar-refractivity contribution is -0.142. The second kappa shape index (κ2) is 27.0. The van der Waals surface area contributed by atoms with Crippen molar-refractivity contribution in [1.82, 2.24) is 42.5 Å². The van der Waals surface area contributed by atoms with Gasteiger partial charge in [0.05, 0.1) is 25.7 Å². The molecule has 0 aromatic heterocycles. The molecule has 0 fully saturated rings. The summed E-state index contributed by atoms with van der Waals surface area (Å²) in [6.07, 6.45) is 1.02. The Morgan fingerprint density at radius 2 is 0.864 bits per heavy atom. The number of rotatable bonds is 27. The number of amides is 8. The van der Waals surface area contributed by atoms with Crippen molar-refractivity contribution >= 4 is 53.2 Å². The molecule has 0 aromatic rings. The third-order valence-corrected chi connectivity index (χ3v) is 8.76. The molecule has 0 radical (unpaired) electrons. The van der Waals surface area contributed by atoms with Crippen LogP contribution in [-0.4, -0.2) is 125 Å². The molecule has 59 heavy (non-hydrogen) atoms. The van der Waals surface area contributed by atoms with Gasteiger partial charge in [-0.3, -0.25) is 38.4 Å². The summed E-state index contributed by atoms with van der Waals surface area (Å²) in [5.74, 6) is -7.61. The average molecular weight is 842 g/mol.